The van der Waals surface area contributed by atoms with Crippen molar-refractivity contribution in [1.82, 2.24) is 10.3 Å². The highest BCUT2D eigenvalue weighted by Gasteiger charge is 2.07. The number of hydrogen-bond acceptors (Lipinski definition) is 3. The molecule has 0 radical (unpaired) electrons. The number of aromatic nitrogens is 1. The number of benzene rings is 1. The van der Waals surface area contributed by atoms with Gasteiger partial charge in [-0.2, -0.15) is 0 Å². The molecule has 3 nitrogen and oxygen atoms in total. The van der Waals surface area contributed by atoms with E-state index >= 15 is 0 Å². The molecule has 2 aromatic rings. The Bertz CT molecular complexity index is 584. The Labute approximate surface area is 127 Å². The lowest BCUT2D eigenvalue weighted by molar-refractivity contribution is 0.455. The molecule has 1 aromatic carbocycles. The summed E-state index contributed by atoms with van der Waals surface area (Å²) < 4.78 is 6.03. The van der Waals surface area contributed by atoms with E-state index < -0.39 is 0 Å². The normalized spacial score (nSPS) is 10.7. The first-order valence-electron chi connectivity index (χ1n) is 7.52. The highest BCUT2D eigenvalue weighted by Crippen LogP contribution is 2.26. The maximum atomic E-state index is 6.03. The molecule has 0 spiro atoms. The summed E-state index contributed by atoms with van der Waals surface area (Å²) in [4.78, 5) is 4.62. The van der Waals surface area contributed by atoms with Gasteiger partial charge in [-0.25, -0.2) is 4.98 Å². The van der Waals surface area contributed by atoms with Crippen molar-refractivity contribution >= 4 is 0 Å². The second kappa shape index (κ2) is 7.23. The summed E-state index contributed by atoms with van der Waals surface area (Å²) in [5, 5.41) is 3.18. The molecule has 1 aromatic heterocycles. The molecule has 0 saturated carbocycles. The first-order chi connectivity index (χ1) is 10.1. The van der Waals surface area contributed by atoms with E-state index in [9.17, 15) is 0 Å². The van der Waals surface area contributed by atoms with Crippen molar-refractivity contribution in [2.45, 2.75) is 40.2 Å². The third kappa shape index (κ3) is 4.30. The van der Waals surface area contributed by atoms with Crippen molar-refractivity contribution in [2.75, 3.05) is 7.05 Å². The minimum absolute atomic E-state index is 0.680. The van der Waals surface area contributed by atoms with E-state index in [-0.39, 0.29) is 0 Å². The van der Waals surface area contributed by atoms with E-state index in [1.54, 1.807) is 0 Å². The van der Waals surface area contributed by atoms with Crippen molar-refractivity contribution in [3.63, 3.8) is 0 Å². The topological polar surface area (TPSA) is 34.1 Å². The van der Waals surface area contributed by atoms with Crippen LogP contribution in [0.15, 0.2) is 30.3 Å². The SMILES string of the molecule is CCCc1cc(CNC)cc(Oc2cc(C)ccc2C)n1. The number of nitrogens with one attached hydrogen (secondary N) is 1. The van der Waals surface area contributed by atoms with Crippen LogP contribution in [0.5, 0.6) is 11.6 Å². The Kier molecular flexibility index (Phi) is 5.34. The largest absolute Gasteiger partial charge is 0.439 e. The van der Waals surface area contributed by atoms with Crippen LogP contribution in [0, 0.1) is 13.8 Å². The molecule has 21 heavy (non-hydrogen) atoms. The van der Waals surface area contributed by atoms with Crippen molar-refractivity contribution in [2.24, 2.45) is 0 Å². The van der Waals surface area contributed by atoms with Gasteiger partial charge in [-0.15, -0.1) is 0 Å². The highest BCUT2D eigenvalue weighted by atomic mass is 16.5. The molecular formula is C18H24N2O. The monoisotopic (exact) mass is 284 g/mol. The molecule has 0 aliphatic carbocycles. The minimum atomic E-state index is 0.680. The highest BCUT2D eigenvalue weighted by molar-refractivity contribution is 5.39. The molecule has 0 fully saturated rings. The van der Waals surface area contributed by atoms with Crippen molar-refractivity contribution < 1.29 is 4.74 Å². The van der Waals surface area contributed by atoms with Crippen molar-refractivity contribution in [3.05, 3.63) is 52.7 Å². The van der Waals surface area contributed by atoms with Gasteiger partial charge in [0.25, 0.3) is 0 Å². The van der Waals surface area contributed by atoms with Crippen LogP contribution in [0.2, 0.25) is 0 Å². The molecule has 1 N–H and O–H groups in total. The molecule has 1 heterocycles. The summed E-state index contributed by atoms with van der Waals surface area (Å²) in [7, 11) is 1.95. The molecule has 3 heteroatoms. The number of pyridine rings is 1. The van der Waals surface area contributed by atoms with E-state index in [2.05, 4.69) is 55.3 Å². The van der Waals surface area contributed by atoms with E-state index in [0.29, 0.717) is 5.88 Å². The van der Waals surface area contributed by atoms with Crippen molar-refractivity contribution in [1.29, 1.82) is 0 Å². The molecule has 112 valence electrons. The van der Waals surface area contributed by atoms with Crippen LogP contribution < -0.4 is 10.1 Å². The van der Waals surface area contributed by atoms with Gasteiger partial charge in [0, 0.05) is 18.3 Å². The Balaban J connectivity index is 2.31. The molecule has 0 aliphatic rings. The molecule has 2 rings (SSSR count). The second-order valence-electron chi connectivity index (χ2n) is 5.46. The molecule has 0 atom stereocenters. The zero-order valence-electron chi connectivity index (χ0n) is 13.4. The van der Waals surface area contributed by atoms with Crippen LogP contribution in [0.4, 0.5) is 0 Å². The summed E-state index contributed by atoms with van der Waals surface area (Å²) in [6, 6.07) is 10.4. The van der Waals surface area contributed by atoms with Gasteiger partial charge >= 0.3 is 0 Å². The first-order valence-corrected chi connectivity index (χ1v) is 7.52. The lowest BCUT2D eigenvalue weighted by Crippen LogP contribution is -2.07. The summed E-state index contributed by atoms with van der Waals surface area (Å²) in [6.45, 7) is 7.11. The average Bonchev–Trinajstić information content (AvgIpc) is 2.43. The van der Waals surface area contributed by atoms with Gasteiger partial charge < -0.3 is 10.1 Å². The quantitative estimate of drug-likeness (QED) is 0.864. The minimum Gasteiger partial charge on any atom is -0.439 e. The van der Waals surface area contributed by atoms with E-state index in [1.807, 2.05) is 13.1 Å². The van der Waals surface area contributed by atoms with Crippen LogP contribution in [0.1, 0.15) is 35.7 Å². The van der Waals surface area contributed by atoms with E-state index in [1.165, 1.54) is 11.1 Å². The Morgan fingerprint density at radius 2 is 1.95 bits per heavy atom. The van der Waals surface area contributed by atoms with Crippen LogP contribution in [0.25, 0.3) is 0 Å². The van der Waals surface area contributed by atoms with Gasteiger partial charge in [0.1, 0.15) is 5.75 Å². The van der Waals surface area contributed by atoms with E-state index in [4.69, 9.17) is 4.74 Å². The lowest BCUT2D eigenvalue weighted by atomic mass is 10.1. The molecule has 0 aliphatic heterocycles. The lowest BCUT2D eigenvalue weighted by Gasteiger charge is -2.12. The van der Waals surface area contributed by atoms with E-state index in [0.717, 1.165) is 36.4 Å². The Hall–Kier alpha value is -1.87. The van der Waals surface area contributed by atoms with Crippen molar-refractivity contribution in [3.8, 4) is 11.6 Å². The smallest absolute Gasteiger partial charge is 0.219 e. The van der Waals surface area contributed by atoms with Gasteiger partial charge in [-0.1, -0.05) is 25.5 Å². The van der Waals surface area contributed by atoms with Crippen LogP contribution in [0.3, 0.4) is 0 Å². The fourth-order valence-corrected chi connectivity index (χ4v) is 2.29. The zero-order chi connectivity index (χ0) is 15.2. The number of aryl methyl sites for hydroxylation is 3. The predicted octanol–water partition coefficient (Wildman–Crippen LogP) is 4.16. The average molecular weight is 284 g/mol. The standard InChI is InChI=1S/C18H24N2O/c1-5-6-16-10-15(12-19-4)11-18(20-16)21-17-9-13(2)7-8-14(17)3/h7-11,19H,5-6,12H2,1-4H3. The fourth-order valence-electron chi connectivity index (χ4n) is 2.29. The Morgan fingerprint density at radius 3 is 2.67 bits per heavy atom. The number of rotatable bonds is 6. The third-order valence-corrected chi connectivity index (χ3v) is 3.36. The summed E-state index contributed by atoms with van der Waals surface area (Å²) in [5.74, 6) is 1.56. The number of hydrogen-bond donors (Lipinski definition) is 1. The van der Waals surface area contributed by atoms with Crippen LogP contribution in [-0.2, 0) is 13.0 Å². The van der Waals surface area contributed by atoms with Gasteiger partial charge in [0.05, 0.1) is 0 Å². The third-order valence-electron chi connectivity index (χ3n) is 3.36. The van der Waals surface area contributed by atoms with Crippen LogP contribution >= 0.6 is 0 Å². The zero-order valence-corrected chi connectivity index (χ0v) is 13.4. The summed E-state index contributed by atoms with van der Waals surface area (Å²) in [5.41, 5.74) is 4.61. The maximum Gasteiger partial charge on any atom is 0.219 e. The second-order valence-corrected chi connectivity index (χ2v) is 5.46. The van der Waals surface area contributed by atoms with Gasteiger partial charge in [-0.05, 0) is 56.1 Å². The van der Waals surface area contributed by atoms with Gasteiger partial charge in [0.2, 0.25) is 5.88 Å². The Morgan fingerprint density at radius 1 is 1.14 bits per heavy atom. The molecule has 0 bridgehead atoms. The maximum absolute atomic E-state index is 6.03. The molecule has 0 amide bonds. The first kappa shape index (κ1) is 15.5. The molecular weight excluding hydrogens is 260 g/mol. The molecule has 0 saturated heterocycles. The van der Waals surface area contributed by atoms with Gasteiger partial charge in [0.15, 0.2) is 0 Å². The van der Waals surface area contributed by atoms with Crippen LogP contribution in [-0.4, -0.2) is 12.0 Å². The van der Waals surface area contributed by atoms with Gasteiger partial charge in [-0.3, -0.25) is 0 Å². The number of nitrogens with zero attached hydrogens (tertiary/aromatic N) is 1. The number of ether oxygens (including phenoxy) is 1. The summed E-state index contributed by atoms with van der Waals surface area (Å²) >= 11 is 0. The predicted molar refractivity (Wildman–Crippen MR) is 87.0 cm³/mol. The summed E-state index contributed by atoms with van der Waals surface area (Å²) in [6.07, 6.45) is 2.06. The fraction of sp³-hybridized carbons (Fsp3) is 0.389. The molecule has 0 unspecified atom stereocenters.